The number of benzene rings is 1. The van der Waals surface area contributed by atoms with Crippen LogP contribution in [0.4, 0.5) is 0 Å². The molecule has 5 nitrogen and oxygen atoms in total. The molecule has 1 aromatic rings. The maximum absolute atomic E-state index is 12.6. The van der Waals surface area contributed by atoms with Crippen LogP contribution >= 0.6 is 0 Å². The minimum Gasteiger partial charge on any atom is -0.393 e. The van der Waals surface area contributed by atoms with Crippen LogP contribution in [-0.2, 0) is 16.0 Å². The standard InChI is InChI=1S/C21H30N2O3/c24-19-8-4-7-18(15-19)21(26)23-13-10-17(11-14-23)20(25)22-12-9-16-5-2-1-3-6-16/h1-3,5-6,17-19,24H,4,7-15H2,(H,22,25)/t18-,19-/m0/s1. The second kappa shape index (κ2) is 9.17. The summed E-state index contributed by atoms with van der Waals surface area (Å²) in [5.41, 5.74) is 1.22. The number of hydrogen-bond donors (Lipinski definition) is 2. The lowest BCUT2D eigenvalue weighted by Gasteiger charge is -2.35. The molecule has 142 valence electrons. The molecule has 1 saturated heterocycles. The average Bonchev–Trinajstić information content (AvgIpc) is 2.68. The van der Waals surface area contributed by atoms with Crippen molar-refractivity contribution >= 4 is 11.8 Å². The lowest BCUT2D eigenvalue weighted by atomic mass is 9.85. The van der Waals surface area contributed by atoms with Crippen molar-refractivity contribution in [3.8, 4) is 0 Å². The summed E-state index contributed by atoms with van der Waals surface area (Å²) >= 11 is 0. The van der Waals surface area contributed by atoms with Gasteiger partial charge in [0.1, 0.15) is 0 Å². The van der Waals surface area contributed by atoms with E-state index in [4.69, 9.17) is 0 Å². The normalized spacial score (nSPS) is 24.3. The second-order valence-corrected chi connectivity index (χ2v) is 7.64. The van der Waals surface area contributed by atoms with Gasteiger partial charge in [-0.2, -0.15) is 0 Å². The number of hydrogen-bond acceptors (Lipinski definition) is 3. The van der Waals surface area contributed by atoms with E-state index in [1.165, 1.54) is 5.56 Å². The van der Waals surface area contributed by atoms with E-state index in [-0.39, 0.29) is 29.8 Å². The zero-order valence-electron chi connectivity index (χ0n) is 15.4. The molecule has 1 saturated carbocycles. The molecule has 0 spiro atoms. The first-order valence-corrected chi connectivity index (χ1v) is 9.92. The predicted octanol–water partition coefficient (Wildman–Crippen LogP) is 2.13. The summed E-state index contributed by atoms with van der Waals surface area (Å²) in [6.07, 6.45) is 5.21. The Labute approximate surface area is 155 Å². The lowest BCUT2D eigenvalue weighted by Crippen LogP contribution is -2.46. The number of nitrogens with one attached hydrogen (secondary N) is 1. The summed E-state index contributed by atoms with van der Waals surface area (Å²) in [6, 6.07) is 10.1. The molecule has 0 aromatic heterocycles. The Morgan fingerprint density at radius 2 is 1.77 bits per heavy atom. The highest BCUT2D eigenvalue weighted by atomic mass is 16.3. The summed E-state index contributed by atoms with van der Waals surface area (Å²) in [5.74, 6) is 0.259. The highest BCUT2D eigenvalue weighted by molar-refractivity contribution is 5.81. The number of piperidine rings is 1. The van der Waals surface area contributed by atoms with Crippen LogP contribution in [0.5, 0.6) is 0 Å². The van der Waals surface area contributed by atoms with E-state index in [9.17, 15) is 14.7 Å². The van der Waals surface area contributed by atoms with Crippen molar-refractivity contribution in [1.29, 1.82) is 0 Å². The fourth-order valence-corrected chi connectivity index (χ4v) is 4.13. The fraction of sp³-hybridized carbons (Fsp3) is 0.619. The molecular formula is C21H30N2O3. The number of likely N-dealkylation sites (tertiary alicyclic amines) is 1. The van der Waals surface area contributed by atoms with Crippen molar-refractivity contribution in [2.24, 2.45) is 11.8 Å². The molecule has 0 radical (unpaired) electrons. The van der Waals surface area contributed by atoms with Gasteiger partial charge in [-0.15, -0.1) is 0 Å². The van der Waals surface area contributed by atoms with Crippen LogP contribution in [-0.4, -0.2) is 47.6 Å². The maximum Gasteiger partial charge on any atom is 0.225 e. The number of rotatable bonds is 5. The predicted molar refractivity (Wildman–Crippen MR) is 100 cm³/mol. The van der Waals surface area contributed by atoms with E-state index < -0.39 is 0 Å². The van der Waals surface area contributed by atoms with Crippen LogP contribution in [0, 0.1) is 11.8 Å². The average molecular weight is 358 g/mol. The third-order valence-corrected chi connectivity index (χ3v) is 5.73. The molecule has 2 amide bonds. The largest absolute Gasteiger partial charge is 0.393 e. The molecule has 0 bridgehead atoms. The first kappa shape index (κ1) is 18.9. The van der Waals surface area contributed by atoms with Gasteiger partial charge in [0.05, 0.1) is 6.10 Å². The van der Waals surface area contributed by atoms with Crippen LogP contribution < -0.4 is 5.32 Å². The van der Waals surface area contributed by atoms with Crippen LogP contribution in [0.3, 0.4) is 0 Å². The van der Waals surface area contributed by atoms with Crippen molar-refractivity contribution in [2.75, 3.05) is 19.6 Å². The van der Waals surface area contributed by atoms with Gasteiger partial charge in [-0.25, -0.2) is 0 Å². The molecule has 26 heavy (non-hydrogen) atoms. The van der Waals surface area contributed by atoms with E-state index >= 15 is 0 Å². The summed E-state index contributed by atoms with van der Waals surface area (Å²) in [4.78, 5) is 26.9. The molecule has 2 N–H and O–H groups in total. The Balaban J connectivity index is 1.38. The van der Waals surface area contributed by atoms with Crippen molar-refractivity contribution in [3.63, 3.8) is 0 Å². The van der Waals surface area contributed by atoms with Gasteiger partial charge in [0.2, 0.25) is 11.8 Å². The molecule has 3 rings (SSSR count). The molecule has 1 aliphatic carbocycles. The highest BCUT2D eigenvalue weighted by Gasteiger charge is 2.33. The molecule has 2 aliphatic rings. The van der Waals surface area contributed by atoms with Gasteiger partial charge in [0.15, 0.2) is 0 Å². The Kier molecular flexibility index (Phi) is 6.67. The molecule has 1 aliphatic heterocycles. The lowest BCUT2D eigenvalue weighted by molar-refractivity contribution is -0.141. The number of carbonyl (C=O) groups is 2. The number of nitrogens with zero attached hydrogens (tertiary/aromatic N) is 1. The van der Waals surface area contributed by atoms with Crippen molar-refractivity contribution in [1.82, 2.24) is 10.2 Å². The molecule has 1 aromatic carbocycles. The zero-order chi connectivity index (χ0) is 18.4. The third-order valence-electron chi connectivity index (χ3n) is 5.73. The van der Waals surface area contributed by atoms with Gasteiger partial charge in [-0.3, -0.25) is 9.59 Å². The monoisotopic (exact) mass is 358 g/mol. The molecule has 2 atom stereocenters. The summed E-state index contributed by atoms with van der Waals surface area (Å²) in [7, 11) is 0. The summed E-state index contributed by atoms with van der Waals surface area (Å²) in [5, 5.41) is 12.8. The van der Waals surface area contributed by atoms with Crippen LogP contribution in [0.1, 0.15) is 44.1 Å². The van der Waals surface area contributed by atoms with E-state index in [2.05, 4.69) is 17.4 Å². The fourth-order valence-electron chi connectivity index (χ4n) is 4.13. The molecule has 0 unspecified atom stereocenters. The van der Waals surface area contributed by atoms with Crippen LogP contribution in [0.25, 0.3) is 0 Å². The van der Waals surface area contributed by atoms with E-state index in [0.717, 1.165) is 38.5 Å². The Hall–Kier alpha value is -1.88. The number of carbonyl (C=O) groups excluding carboxylic acids is 2. The van der Waals surface area contributed by atoms with Crippen LogP contribution in [0.15, 0.2) is 30.3 Å². The van der Waals surface area contributed by atoms with E-state index in [1.807, 2.05) is 23.1 Å². The zero-order valence-corrected chi connectivity index (χ0v) is 15.4. The number of amides is 2. The topological polar surface area (TPSA) is 69.6 Å². The quantitative estimate of drug-likeness (QED) is 0.847. The van der Waals surface area contributed by atoms with Crippen LogP contribution in [0.2, 0.25) is 0 Å². The number of aliphatic hydroxyl groups is 1. The van der Waals surface area contributed by atoms with Gasteiger partial charge in [-0.05, 0) is 44.1 Å². The van der Waals surface area contributed by atoms with Gasteiger partial charge in [0.25, 0.3) is 0 Å². The van der Waals surface area contributed by atoms with E-state index in [1.54, 1.807) is 0 Å². The van der Waals surface area contributed by atoms with Gasteiger partial charge in [-0.1, -0.05) is 36.8 Å². The SMILES string of the molecule is O=C(NCCc1ccccc1)C1CCN(C(=O)[C@H]2CCC[C@H](O)C2)CC1. The summed E-state index contributed by atoms with van der Waals surface area (Å²) < 4.78 is 0. The smallest absolute Gasteiger partial charge is 0.225 e. The van der Waals surface area contributed by atoms with Crippen molar-refractivity contribution in [2.45, 2.75) is 51.0 Å². The highest BCUT2D eigenvalue weighted by Crippen LogP contribution is 2.28. The Bertz CT molecular complexity index is 597. The van der Waals surface area contributed by atoms with E-state index in [0.29, 0.717) is 26.1 Å². The van der Waals surface area contributed by atoms with Crippen molar-refractivity contribution in [3.05, 3.63) is 35.9 Å². The Morgan fingerprint density at radius 1 is 1.04 bits per heavy atom. The second-order valence-electron chi connectivity index (χ2n) is 7.64. The minimum atomic E-state index is -0.328. The number of aliphatic hydroxyl groups excluding tert-OH is 1. The molecule has 1 heterocycles. The third kappa shape index (κ3) is 5.07. The summed E-state index contributed by atoms with van der Waals surface area (Å²) in [6.45, 7) is 1.96. The minimum absolute atomic E-state index is 0.00627. The molecular weight excluding hydrogens is 328 g/mol. The molecule has 5 heteroatoms. The van der Waals surface area contributed by atoms with Gasteiger partial charge in [0, 0.05) is 31.5 Å². The van der Waals surface area contributed by atoms with Gasteiger partial charge < -0.3 is 15.3 Å². The van der Waals surface area contributed by atoms with Crippen molar-refractivity contribution < 1.29 is 14.7 Å². The first-order valence-electron chi connectivity index (χ1n) is 9.92. The molecule has 2 fully saturated rings. The first-order chi connectivity index (χ1) is 12.6. The Morgan fingerprint density at radius 3 is 2.46 bits per heavy atom. The van der Waals surface area contributed by atoms with Gasteiger partial charge >= 0.3 is 0 Å². The maximum atomic E-state index is 12.6.